The van der Waals surface area contributed by atoms with Crippen molar-refractivity contribution in [1.82, 2.24) is 14.1 Å². The van der Waals surface area contributed by atoms with Gasteiger partial charge in [0.15, 0.2) is 0 Å². The lowest BCUT2D eigenvalue weighted by atomic mass is 10.0. The van der Waals surface area contributed by atoms with E-state index in [0.29, 0.717) is 35.4 Å². The molecule has 146 valence electrons. The summed E-state index contributed by atoms with van der Waals surface area (Å²) in [5.41, 5.74) is 3.36. The van der Waals surface area contributed by atoms with Gasteiger partial charge in [0.2, 0.25) is 10.0 Å². The maximum atomic E-state index is 13.4. The van der Waals surface area contributed by atoms with Crippen LogP contribution in [0.1, 0.15) is 29.8 Å². The Balaban J connectivity index is 1.50. The molecule has 0 bridgehead atoms. The molecule has 0 N–H and O–H groups in total. The van der Waals surface area contributed by atoms with E-state index >= 15 is 0 Å². The molecule has 2 aromatic rings. The second-order valence-electron chi connectivity index (χ2n) is 7.48. The van der Waals surface area contributed by atoms with Gasteiger partial charge in [-0.3, -0.25) is 4.68 Å². The third kappa shape index (κ3) is 3.04. The zero-order valence-corrected chi connectivity index (χ0v) is 16.8. The molecule has 0 unspecified atom stereocenters. The van der Waals surface area contributed by atoms with Crippen LogP contribution in [0.2, 0.25) is 0 Å². The first-order valence-corrected chi connectivity index (χ1v) is 10.8. The molecule has 1 saturated heterocycles. The molecule has 1 fully saturated rings. The number of hydrogen-bond acceptors (Lipinski definition) is 4. The summed E-state index contributed by atoms with van der Waals surface area (Å²) in [6.07, 6.45) is 2.39. The topological polar surface area (TPSA) is 58.4 Å². The molecular formula is C19H25FN4O2S. The highest BCUT2D eigenvalue weighted by Crippen LogP contribution is 2.34. The van der Waals surface area contributed by atoms with Gasteiger partial charge in [-0.25, -0.2) is 12.8 Å². The van der Waals surface area contributed by atoms with E-state index in [0.717, 1.165) is 37.1 Å². The van der Waals surface area contributed by atoms with Crippen molar-refractivity contribution in [2.24, 2.45) is 7.05 Å². The van der Waals surface area contributed by atoms with Gasteiger partial charge in [-0.2, -0.15) is 9.40 Å². The van der Waals surface area contributed by atoms with Gasteiger partial charge in [-0.1, -0.05) is 0 Å². The van der Waals surface area contributed by atoms with Crippen LogP contribution in [0.25, 0.3) is 0 Å². The number of aryl methyl sites for hydroxylation is 2. The van der Waals surface area contributed by atoms with Crippen LogP contribution in [0.15, 0.2) is 23.1 Å². The predicted molar refractivity (Wildman–Crippen MR) is 102 cm³/mol. The first kappa shape index (κ1) is 18.4. The Morgan fingerprint density at radius 1 is 1.15 bits per heavy atom. The number of nitrogens with zero attached hydrogens (tertiary/aromatic N) is 4. The molecule has 2 aliphatic rings. The third-order valence-electron chi connectivity index (χ3n) is 5.88. The summed E-state index contributed by atoms with van der Waals surface area (Å²) >= 11 is 0. The molecule has 0 radical (unpaired) electrons. The Morgan fingerprint density at radius 2 is 1.85 bits per heavy atom. The Hall–Kier alpha value is -1.93. The van der Waals surface area contributed by atoms with Crippen LogP contribution in [0, 0.1) is 19.7 Å². The Bertz CT molecular complexity index is 978. The standard InChI is InChI=1S/C19H25FN4O2S/c1-13-19(14(2)22(3)21-13)27(25,26)23-9-7-17(8-10-23)24-11-6-15-12-16(20)4-5-18(15)24/h4-5,12,17H,6-11H2,1-3H3. The minimum atomic E-state index is -3.53. The highest BCUT2D eigenvalue weighted by atomic mass is 32.2. The minimum absolute atomic E-state index is 0.196. The van der Waals surface area contributed by atoms with Crippen molar-refractivity contribution in [3.63, 3.8) is 0 Å². The molecule has 0 atom stereocenters. The average Bonchev–Trinajstić information content (AvgIpc) is 3.15. The van der Waals surface area contributed by atoms with Gasteiger partial charge in [0.1, 0.15) is 10.7 Å². The summed E-state index contributed by atoms with van der Waals surface area (Å²) in [7, 11) is -1.77. The minimum Gasteiger partial charge on any atom is -0.368 e. The van der Waals surface area contributed by atoms with Crippen molar-refractivity contribution < 1.29 is 12.8 Å². The smallest absolute Gasteiger partial charge is 0.246 e. The number of sulfonamides is 1. The van der Waals surface area contributed by atoms with Gasteiger partial charge in [0.25, 0.3) is 0 Å². The van der Waals surface area contributed by atoms with Crippen molar-refractivity contribution in [2.75, 3.05) is 24.5 Å². The lowest BCUT2D eigenvalue weighted by molar-refractivity contribution is 0.311. The van der Waals surface area contributed by atoms with Gasteiger partial charge in [0, 0.05) is 38.4 Å². The molecule has 3 heterocycles. The number of aromatic nitrogens is 2. The zero-order chi connectivity index (χ0) is 19.3. The SMILES string of the molecule is Cc1nn(C)c(C)c1S(=O)(=O)N1CCC(N2CCc3cc(F)ccc32)CC1. The number of halogens is 1. The largest absolute Gasteiger partial charge is 0.368 e. The number of piperidine rings is 1. The average molecular weight is 393 g/mol. The first-order valence-electron chi connectivity index (χ1n) is 9.34. The molecule has 0 saturated carbocycles. The van der Waals surface area contributed by atoms with E-state index in [9.17, 15) is 12.8 Å². The Morgan fingerprint density at radius 3 is 2.48 bits per heavy atom. The second-order valence-corrected chi connectivity index (χ2v) is 9.35. The molecule has 6 nitrogen and oxygen atoms in total. The van der Waals surface area contributed by atoms with Gasteiger partial charge < -0.3 is 4.90 Å². The molecule has 8 heteroatoms. The summed E-state index contributed by atoms with van der Waals surface area (Å²) in [5, 5.41) is 4.25. The summed E-state index contributed by atoms with van der Waals surface area (Å²) in [5.74, 6) is -0.196. The predicted octanol–water partition coefficient (Wildman–Crippen LogP) is 2.39. The summed E-state index contributed by atoms with van der Waals surface area (Å²) < 4.78 is 42.9. The van der Waals surface area contributed by atoms with E-state index in [-0.39, 0.29) is 5.82 Å². The first-order chi connectivity index (χ1) is 12.8. The van der Waals surface area contributed by atoms with Crippen molar-refractivity contribution in [3.8, 4) is 0 Å². The van der Waals surface area contributed by atoms with Gasteiger partial charge in [0.05, 0.1) is 11.4 Å². The second kappa shape index (κ2) is 6.60. The lowest BCUT2D eigenvalue weighted by Gasteiger charge is -2.37. The summed E-state index contributed by atoms with van der Waals surface area (Å²) in [6, 6.07) is 5.26. The van der Waals surface area contributed by atoms with Crippen LogP contribution in [-0.2, 0) is 23.5 Å². The van der Waals surface area contributed by atoms with E-state index in [1.807, 2.05) is 6.07 Å². The number of fused-ring (bicyclic) bond motifs is 1. The normalized spacial score (nSPS) is 18.9. The highest BCUT2D eigenvalue weighted by molar-refractivity contribution is 7.89. The lowest BCUT2D eigenvalue weighted by Crippen LogP contribution is -2.46. The molecule has 27 heavy (non-hydrogen) atoms. The van der Waals surface area contributed by atoms with Gasteiger partial charge in [-0.05, 0) is 56.9 Å². The third-order valence-corrected chi connectivity index (χ3v) is 8.03. The van der Waals surface area contributed by atoms with Crippen molar-refractivity contribution in [3.05, 3.63) is 41.0 Å². The molecule has 1 aromatic carbocycles. The van der Waals surface area contributed by atoms with Crippen molar-refractivity contribution in [2.45, 2.75) is 44.0 Å². The molecular weight excluding hydrogens is 367 g/mol. The fourth-order valence-electron chi connectivity index (χ4n) is 4.43. The van der Waals surface area contributed by atoms with Crippen LogP contribution in [0.4, 0.5) is 10.1 Å². The molecule has 0 aliphatic carbocycles. The zero-order valence-electron chi connectivity index (χ0n) is 15.9. The maximum Gasteiger partial charge on any atom is 0.246 e. The number of anilines is 1. The molecule has 1 aromatic heterocycles. The number of rotatable bonds is 3. The number of benzene rings is 1. The molecule has 0 spiro atoms. The Kier molecular flexibility index (Phi) is 4.50. The summed E-state index contributed by atoms with van der Waals surface area (Å²) in [6.45, 7) is 5.39. The molecule has 2 aliphatic heterocycles. The molecule has 0 amide bonds. The van der Waals surface area contributed by atoms with Crippen LogP contribution >= 0.6 is 0 Å². The van der Waals surface area contributed by atoms with E-state index in [4.69, 9.17) is 0 Å². The molecule has 4 rings (SSSR count). The maximum absolute atomic E-state index is 13.4. The van der Waals surface area contributed by atoms with E-state index in [2.05, 4.69) is 10.00 Å². The van der Waals surface area contributed by atoms with Gasteiger partial charge >= 0.3 is 0 Å². The van der Waals surface area contributed by atoms with Gasteiger partial charge in [-0.15, -0.1) is 0 Å². The van der Waals surface area contributed by atoms with Crippen LogP contribution in [-0.4, -0.2) is 48.2 Å². The van der Waals surface area contributed by atoms with E-state index in [1.165, 1.54) is 6.07 Å². The van der Waals surface area contributed by atoms with Crippen LogP contribution in [0.5, 0.6) is 0 Å². The van der Waals surface area contributed by atoms with Crippen molar-refractivity contribution >= 4 is 15.7 Å². The fraction of sp³-hybridized carbons (Fsp3) is 0.526. The van der Waals surface area contributed by atoms with Crippen LogP contribution in [0.3, 0.4) is 0 Å². The van der Waals surface area contributed by atoms with Crippen molar-refractivity contribution in [1.29, 1.82) is 0 Å². The summed E-state index contributed by atoms with van der Waals surface area (Å²) in [4.78, 5) is 2.66. The number of hydrogen-bond donors (Lipinski definition) is 0. The monoisotopic (exact) mass is 392 g/mol. The quantitative estimate of drug-likeness (QED) is 0.805. The van der Waals surface area contributed by atoms with E-state index in [1.54, 1.807) is 35.9 Å². The van der Waals surface area contributed by atoms with Crippen LogP contribution < -0.4 is 4.90 Å². The Labute approximate surface area is 159 Å². The van der Waals surface area contributed by atoms with E-state index < -0.39 is 10.0 Å². The fourth-order valence-corrected chi connectivity index (χ4v) is 6.30. The highest BCUT2D eigenvalue weighted by Gasteiger charge is 2.36.